The number of fused-ring (bicyclic) bond motifs is 1. The maximum absolute atomic E-state index is 13.1. The highest BCUT2D eigenvalue weighted by Crippen LogP contribution is 2.25. The molecule has 1 aromatic heterocycles. The van der Waals surface area contributed by atoms with E-state index in [1.807, 2.05) is 25.1 Å². The van der Waals surface area contributed by atoms with E-state index in [2.05, 4.69) is 11.5 Å². The van der Waals surface area contributed by atoms with E-state index in [0.717, 1.165) is 11.3 Å². The molecule has 0 saturated carbocycles. The van der Waals surface area contributed by atoms with E-state index in [4.69, 9.17) is 11.6 Å². The molecule has 2 aromatic carbocycles. The molecule has 8 heteroatoms. The van der Waals surface area contributed by atoms with Gasteiger partial charge >= 0.3 is 11.1 Å². The molecule has 0 aliphatic carbocycles. The Morgan fingerprint density at radius 1 is 1.00 bits per heavy atom. The van der Waals surface area contributed by atoms with Gasteiger partial charge in [0.1, 0.15) is 6.54 Å². The van der Waals surface area contributed by atoms with Crippen LogP contribution in [0.5, 0.6) is 0 Å². The summed E-state index contributed by atoms with van der Waals surface area (Å²) in [5.41, 5.74) is 2.00. The van der Waals surface area contributed by atoms with Crippen molar-refractivity contribution in [2.24, 2.45) is 0 Å². The second kappa shape index (κ2) is 9.04. The molecule has 2 heterocycles. The number of hydrogen-bond acceptors (Lipinski definition) is 4. The highest BCUT2D eigenvalue weighted by Gasteiger charge is 2.24. The van der Waals surface area contributed by atoms with Gasteiger partial charge in [0, 0.05) is 43.4 Å². The van der Waals surface area contributed by atoms with Gasteiger partial charge in [-0.3, -0.25) is 23.5 Å². The SMILES string of the molecule is C=CCn1c(=O)c(=O)n(CC(=O)N2CCN(c3cc(Cl)ccc3C)CC2)c2ccccc21. The van der Waals surface area contributed by atoms with Crippen LogP contribution in [0.25, 0.3) is 11.0 Å². The zero-order valence-electron chi connectivity index (χ0n) is 18.0. The van der Waals surface area contributed by atoms with Crippen LogP contribution in [0.15, 0.2) is 64.7 Å². The Balaban J connectivity index is 1.55. The molecule has 3 aromatic rings. The first-order chi connectivity index (χ1) is 15.4. The summed E-state index contributed by atoms with van der Waals surface area (Å²) in [6, 6.07) is 12.9. The van der Waals surface area contributed by atoms with Crippen LogP contribution >= 0.6 is 11.6 Å². The Morgan fingerprint density at radius 2 is 1.62 bits per heavy atom. The van der Waals surface area contributed by atoms with E-state index in [9.17, 15) is 14.4 Å². The standard InChI is InChI=1S/C24H25ClN4O3/c1-3-10-28-19-6-4-5-7-20(19)29(24(32)23(28)31)16-22(30)27-13-11-26(12-14-27)21-15-18(25)9-8-17(21)2/h3-9,15H,1,10-14,16H2,2H3. The third-order valence-electron chi connectivity index (χ3n) is 5.89. The van der Waals surface area contributed by atoms with Crippen LogP contribution in [0.3, 0.4) is 0 Å². The van der Waals surface area contributed by atoms with Gasteiger partial charge in [-0.2, -0.15) is 0 Å². The second-order valence-corrected chi connectivity index (χ2v) is 8.32. The Morgan fingerprint density at radius 3 is 2.28 bits per heavy atom. The molecule has 1 amide bonds. The quantitative estimate of drug-likeness (QED) is 0.441. The van der Waals surface area contributed by atoms with Crippen LogP contribution in [0.4, 0.5) is 5.69 Å². The van der Waals surface area contributed by atoms with Crippen LogP contribution in [0, 0.1) is 6.92 Å². The van der Waals surface area contributed by atoms with Crippen molar-refractivity contribution < 1.29 is 4.79 Å². The van der Waals surface area contributed by atoms with Gasteiger partial charge in [-0.1, -0.05) is 35.9 Å². The Bertz CT molecular complexity index is 1300. The monoisotopic (exact) mass is 452 g/mol. The average Bonchev–Trinajstić information content (AvgIpc) is 2.81. The molecule has 1 aliphatic heterocycles. The number of benzene rings is 2. The van der Waals surface area contributed by atoms with Crippen molar-refractivity contribution in [1.29, 1.82) is 0 Å². The molecule has 1 fully saturated rings. The predicted octanol–water partition coefficient (Wildman–Crippen LogP) is 2.66. The van der Waals surface area contributed by atoms with E-state index in [-0.39, 0.29) is 19.0 Å². The molecule has 0 unspecified atom stereocenters. The Labute approximate surface area is 190 Å². The maximum Gasteiger partial charge on any atom is 0.317 e. The fourth-order valence-electron chi connectivity index (χ4n) is 4.19. The van der Waals surface area contributed by atoms with Gasteiger partial charge in [0.05, 0.1) is 11.0 Å². The van der Waals surface area contributed by atoms with Gasteiger partial charge in [-0.05, 0) is 36.8 Å². The number of aromatic nitrogens is 2. The molecule has 0 radical (unpaired) electrons. The first-order valence-corrected chi connectivity index (χ1v) is 10.9. The number of amides is 1. The molecule has 7 nitrogen and oxygen atoms in total. The summed E-state index contributed by atoms with van der Waals surface area (Å²) in [4.78, 5) is 42.5. The fourth-order valence-corrected chi connectivity index (χ4v) is 4.36. The number of aryl methyl sites for hydroxylation is 1. The molecule has 4 rings (SSSR count). The van der Waals surface area contributed by atoms with E-state index in [1.54, 1.807) is 35.2 Å². The lowest BCUT2D eigenvalue weighted by atomic mass is 10.1. The van der Waals surface area contributed by atoms with E-state index < -0.39 is 11.1 Å². The van der Waals surface area contributed by atoms with Crippen molar-refractivity contribution in [2.45, 2.75) is 20.0 Å². The first kappa shape index (κ1) is 21.9. The summed E-state index contributed by atoms with van der Waals surface area (Å²) in [7, 11) is 0. The minimum absolute atomic E-state index is 0.167. The summed E-state index contributed by atoms with van der Waals surface area (Å²) < 4.78 is 2.67. The number of carbonyl (C=O) groups is 1. The van der Waals surface area contributed by atoms with E-state index in [1.165, 1.54) is 9.13 Å². The van der Waals surface area contributed by atoms with Crippen LogP contribution in [-0.2, 0) is 17.9 Å². The number of anilines is 1. The number of piperazine rings is 1. The van der Waals surface area contributed by atoms with Gasteiger partial charge in [-0.25, -0.2) is 0 Å². The zero-order valence-corrected chi connectivity index (χ0v) is 18.7. The molecule has 0 spiro atoms. The summed E-state index contributed by atoms with van der Waals surface area (Å²) >= 11 is 6.16. The summed E-state index contributed by atoms with van der Waals surface area (Å²) in [5, 5.41) is 0.682. The number of nitrogens with zero attached hydrogens (tertiary/aromatic N) is 4. The largest absolute Gasteiger partial charge is 0.368 e. The highest BCUT2D eigenvalue weighted by atomic mass is 35.5. The predicted molar refractivity (Wildman–Crippen MR) is 128 cm³/mol. The van der Waals surface area contributed by atoms with Crippen molar-refractivity contribution in [3.63, 3.8) is 0 Å². The number of allylic oxidation sites excluding steroid dienone is 1. The molecule has 1 aliphatic rings. The lowest BCUT2D eigenvalue weighted by molar-refractivity contribution is -0.132. The van der Waals surface area contributed by atoms with Crippen molar-refractivity contribution in [1.82, 2.24) is 14.0 Å². The van der Waals surface area contributed by atoms with Gasteiger partial charge < -0.3 is 9.80 Å². The number of para-hydroxylation sites is 2. The number of hydrogen-bond donors (Lipinski definition) is 0. The number of halogens is 1. The van der Waals surface area contributed by atoms with Crippen LogP contribution in [-0.4, -0.2) is 46.1 Å². The van der Waals surface area contributed by atoms with Crippen LogP contribution < -0.4 is 16.0 Å². The third kappa shape index (κ3) is 4.08. The minimum atomic E-state index is -0.702. The smallest absolute Gasteiger partial charge is 0.317 e. The zero-order chi connectivity index (χ0) is 22.8. The fraction of sp³-hybridized carbons (Fsp3) is 0.292. The van der Waals surface area contributed by atoms with Crippen LogP contribution in [0.2, 0.25) is 5.02 Å². The first-order valence-electron chi connectivity index (χ1n) is 10.5. The molecule has 0 bridgehead atoms. The Hall–Kier alpha value is -3.32. The summed E-state index contributed by atoms with van der Waals surface area (Å²) in [6.07, 6.45) is 1.57. The minimum Gasteiger partial charge on any atom is -0.368 e. The average molecular weight is 453 g/mol. The summed E-state index contributed by atoms with van der Waals surface area (Å²) in [6.45, 7) is 8.17. The highest BCUT2D eigenvalue weighted by molar-refractivity contribution is 6.30. The lowest BCUT2D eigenvalue weighted by Gasteiger charge is -2.37. The molecule has 1 saturated heterocycles. The van der Waals surface area contributed by atoms with Gasteiger partial charge in [0.2, 0.25) is 5.91 Å². The summed E-state index contributed by atoms with van der Waals surface area (Å²) in [5.74, 6) is -0.180. The van der Waals surface area contributed by atoms with E-state index >= 15 is 0 Å². The van der Waals surface area contributed by atoms with Crippen molar-refractivity contribution >= 4 is 34.2 Å². The molecular weight excluding hydrogens is 428 g/mol. The van der Waals surface area contributed by atoms with E-state index in [0.29, 0.717) is 42.2 Å². The second-order valence-electron chi connectivity index (χ2n) is 7.88. The molecule has 32 heavy (non-hydrogen) atoms. The molecular formula is C24H25ClN4O3. The van der Waals surface area contributed by atoms with Crippen LogP contribution in [0.1, 0.15) is 5.56 Å². The molecule has 0 N–H and O–H groups in total. The van der Waals surface area contributed by atoms with Crippen molar-refractivity contribution in [2.75, 3.05) is 31.1 Å². The van der Waals surface area contributed by atoms with Gasteiger partial charge in [-0.15, -0.1) is 6.58 Å². The number of carbonyl (C=O) groups excluding carboxylic acids is 1. The third-order valence-corrected chi connectivity index (χ3v) is 6.12. The van der Waals surface area contributed by atoms with Crippen molar-refractivity contribution in [3.8, 4) is 0 Å². The Kier molecular flexibility index (Phi) is 6.19. The molecule has 166 valence electrons. The normalized spacial score (nSPS) is 14.1. The number of rotatable bonds is 5. The topological polar surface area (TPSA) is 67.5 Å². The van der Waals surface area contributed by atoms with Crippen molar-refractivity contribution in [3.05, 3.63) is 86.4 Å². The van der Waals surface area contributed by atoms with Gasteiger partial charge in [0.15, 0.2) is 0 Å². The van der Waals surface area contributed by atoms with Gasteiger partial charge in [0.25, 0.3) is 0 Å². The maximum atomic E-state index is 13.1. The lowest BCUT2D eigenvalue weighted by Crippen LogP contribution is -2.51. The molecule has 0 atom stereocenters.